The molecular weight excluding hydrogens is 449 g/mol. The topological polar surface area (TPSA) is 61.8 Å². The summed E-state index contributed by atoms with van der Waals surface area (Å²) in [7, 11) is 0. The van der Waals surface area contributed by atoms with Gasteiger partial charge in [0, 0.05) is 11.6 Å². The minimum atomic E-state index is -1.57. The third-order valence-electron chi connectivity index (χ3n) is 4.61. The summed E-state index contributed by atoms with van der Waals surface area (Å²) in [5, 5.41) is 0. The molecule has 0 saturated heterocycles. The van der Waals surface area contributed by atoms with Gasteiger partial charge in [0.15, 0.2) is 17.5 Å². The zero-order valence-electron chi connectivity index (χ0n) is 19.0. The van der Waals surface area contributed by atoms with E-state index in [2.05, 4.69) is 6.58 Å². The van der Waals surface area contributed by atoms with Crippen LogP contribution in [0.5, 0.6) is 5.75 Å². The number of carbonyl (C=O) groups excluding carboxylic acids is 2. The Bertz CT molecular complexity index is 993. The molecule has 0 aliphatic rings. The fraction of sp³-hybridized carbons (Fsp3) is 0.308. The molecule has 5 nitrogen and oxygen atoms in total. The van der Waals surface area contributed by atoms with Crippen LogP contribution < -0.4 is 4.74 Å². The van der Waals surface area contributed by atoms with Crippen LogP contribution in [0.3, 0.4) is 0 Å². The van der Waals surface area contributed by atoms with E-state index in [9.17, 15) is 22.8 Å². The van der Waals surface area contributed by atoms with Gasteiger partial charge in [0.05, 0.1) is 13.2 Å². The van der Waals surface area contributed by atoms with Crippen molar-refractivity contribution in [2.75, 3.05) is 13.2 Å². The SMILES string of the molecule is C=C(C)C(=O)OCCCCCCOc1ccc(C=CC(=O)OCc2cc(F)c(F)c(F)c2)cc1. The fourth-order valence-corrected chi connectivity index (χ4v) is 2.77. The Hall–Kier alpha value is -3.55. The molecule has 2 aromatic rings. The zero-order chi connectivity index (χ0) is 24.9. The van der Waals surface area contributed by atoms with E-state index in [4.69, 9.17) is 14.2 Å². The Morgan fingerprint density at radius 2 is 1.53 bits per heavy atom. The first kappa shape index (κ1) is 26.7. The third kappa shape index (κ3) is 9.52. The number of esters is 2. The van der Waals surface area contributed by atoms with Crippen molar-refractivity contribution in [2.45, 2.75) is 39.2 Å². The summed E-state index contributed by atoms with van der Waals surface area (Å²) in [6.45, 7) is 5.69. The van der Waals surface area contributed by atoms with Gasteiger partial charge in [-0.2, -0.15) is 0 Å². The van der Waals surface area contributed by atoms with E-state index in [-0.39, 0.29) is 18.1 Å². The normalized spacial score (nSPS) is 10.8. The van der Waals surface area contributed by atoms with Crippen LogP contribution in [0.15, 0.2) is 54.6 Å². The molecule has 182 valence electrons. The highest BCUT2D eigenvalue weighted by Gasteiger charge is 2.11. The first-order chi connectivity index (χ1) is 16.3. The monoisotopic (exact) mass is 476 g/mol. The summed E-state index contributed by atoms with van der Waals surface area (Å²) in [5.74, 6) is -4.63. The van der Waals surface area contributed by atoms with E-state index in [0.717, 1.165) is 43.4 Å². The molecule has 0 saturated carbocycles. The molecule has 0 radical (unpaired) electrons. The van der Waals surface area contributed by atoms with Crippen LogP contribution in [0.25, 0.3) is 6.08 Å². The number of carbonyl (C=O) groups is 2. The van der Waals surface area contributed by atoms with Crippen LogP contribution in [0, 0.1) is 17.5 Å². The van der Waals surface area contributed by atoms with Crippen LogP contribution in [-0.2, 0) is 25.7 Å². The molecule has 2 aromatic carbocycles. The molecule has 2 rings (SSSR count). The second-order valence-corrected chi connectivity index (χ2v) is 7.56. The highest BCUT2D eigenvalue weighted by atomic mass is 19.2. The number of rotatable bonds is 13. The maximum Gasteiger partial charge on any atom is 0.333 e. The largest absolute Gasteiger partial charge is 0.494 e. The van der Waals surface area contributed by atoms with Crippen molar-refractivity contribution in [3.8, 4) is 5.75 Å². The highest BCUT2D eigenvalue weighted by molar-refractivity contribution is 5.87. The summed E-state index contributed by atoms with van der Waals surface area (Å²) in [6.07, 6.45) is 6.24. The van der Waals surface area contributed by atoms with Gasteiger partial charge in [-0.3, -0.25) is 0 Å². The summed E-state index contributed by atoms with van der Waals surface area (Å²) in [4.78, 5) is 23.0. The lowest BCUT2D eigenvalue weighted by Crippen LogP contribution is -2.06. The molecule has 0 bridgehead atoms. The van der Waals surface area contributed by atoms with Crippen molar-refractivity contribution in [3.05, 3.63) is 83.2 Å². The van der Waals surface area contributed by atoms with Gasteiger partial charge in [0.25, 0.3) is 0 Å². The number of ether oxygens (including phenoxy) is 3. The van der Waals surface area contributed by atoms with Crippen LogP contribution in [0.2, 0.25) is 0 Å². The van der Waals surface area contributed by atoms with Crippen LogP contribution in [0.1, 0.15) is 43.7 Å². The average molecular weight is 476 g/mol. The van der Waals surface area contributed by atoms with Crippen molar-refractivity contribution in [1.82, 2.24) is 0 Å². The minimum absolute atomic E-state index is 0.00543. The standard InChI is InChI=1S/C26H27F3O5/c1-18(2)26(31)33-14-6-4-3-5-13-32-21-10-7-19(8-11-21)9-12-24(30)34-17-20-15-22(27)25(29)23(28)16-20/h7-12,15-16H,1,3-6,13-14,17H2,2H3. The molecule has 34 heavy (non-hydrogen) atoms. The van der Waals surface area contributed by atoms with Gasteiger partial charge >= 0.3 is 11.9 Å². The van der Waals surface area contributed by atoms with Crippen molar-refractivity contribution in [2.24, 2.45) is 0 Å². The Balaban J connectivity index is 1.64. The summed E-state index contributed by atoms with van der Waals surface area (Å²) in [5.41, 5.74) is 1.13. The predicted octanol–water partition coefficient (Wildman–Crippen LogP) is 5.92. The van der Waals surface area contributed by atoms with Gasteiger partial charge in [-0.25, -0.2) is 22.8 Å². The van der Waals surface area contributed by atoms with Gasteiger partial charge in [0.1, 0.15) is 12.4 Å². The predicted molar refractivity (Wildman–Crippen MR) is 121 cm³/mol. The molecule has 0 aromatic heterocycles. The third-order valence-corrected chi connectivity index (χ3v) is 4.61. The van der Waals surface area contributed by atoms with Crippen molar-refractivity contribution < 1.29 is 37.0 Å². The van der Waals surface area contributed by atoms with Crippen molar-refractivity contribution in [1.29, 1.82) is 0 Å². The Morgan fingerprint density at radius 3 is 2.15 bits per heavy atom. The molecule has 0 amide bonds. The number of hydrogen-bond donors (Lipinski definition) is 0. The maximum absolute atomic E-state index is 13.2. The Morgan fingerprint density at radius 1 is 0.912 bits per heavy atom. The van der Waals surface area contributed by atoms with Crippen molar-refractivity contribution in [3.63, 3.8) is 0 Å². The van der Waals surface area contributed by atoms with Gasteiger partial charge in [-0.05, 0) is 74.1 Å². The maximum atomic E-state index is 13.2. The van der Waals surface area contributed by atoms with Gasteiger partial charge < -0.3 is 14.2 Å². The smallest absolute Gasteiger partial charge is 0.333 e. The minimum Gasteiger partial charge on any atom is -0.494 e. The van der Waals surface area contributed by atoms with Gasteiger partial charge in [-0.15, -0.1) is 0 Å². The molecule has 0 aliphatic carbocycles. The van der Waals surface area contributed by atoms with E-state index >= 15 is 0 Å². The second-order valence-electron chi connectivity index (χ2n) is 7.56. The zero-order valence-corrected chi connectivity index (χ0v) is 19.0. The number of hydrogen-bond acceptors (Lipinski definition) is 5. The lowest BCUT2D eigenvalue weighted by molar-refractivity contribution is -0.139. The molecule has 0 unspecified atom stereocenters. The van der Waals surface area contributed by atoms with E-state index in [0.29, 0.717) is 24.5 Å². The molecule has 0 N–H and O–H groups in total. The molecule has 0 atom stereocenters. The van der Waals surface area contributed by atoms with Gasteiger partial charge in [0.2, 0.25) is 0 Å². The number of halogens is 3. The summed E-state index contributed by atoms with van der Waals surface area (Å²) >= 11 is 0. The first-order valence-corrected chi connectivity index (χ1v) is 10.8. The summed E-state index contributed by atoms with van der Waals surface area (Å²) in [6, 6.07) is 8.61. The van der Waals surface area contributed by atoms with E-state index < -0.39 is 23.4 Å². The van der Waals surface area contributed by atoms with E-state index in [1.54, 1.807) is 31.2 Å². The quantitative estimate of drug-likeness (QED) is 0.155. The highest BCUT2D eigenvalue weighted by Crippen LogP contribution is 2.16. The Kier molecular flexibility index (Phi) is 10.9. The lowest BCUT2D eigenvalue weighted by atomic mass is 10.2. The van der Waals surface area contributed by atoms with Crippen LogP contribution in [-0.4, -0.2) is 25.2 Å². The second kappa shape index (κ2) is 13.9. The molecule has 0 aliphatic heterocycles. The van der Waals surface area contributed by atoms with Crippen LogP contribution >= 0.6 is 0 Å². The summed E-state index contributed by atoms with van der Waals surface area (Å²) < 4.78 is 54.9. The van der Waals surface area contributed by atoms with E-state index in [1.807, 2.05) is 0 Å². The molecule has 8 heteroatoms. The average Bonchev–Trinajstić information content (AvgIpc) is 2.81. The molecule has 0 fully saturated rings. The molecular formula is C26H27F3O5. The lowest BCUT2D eigenvalue weighted by Gasteiger charge is -2.07. The van der Waals surface area contributed by atoms with Crippen LogP contribution in [0.4, 0.5) is 13.2 Å². The molecule has 0 heterocycles. The van der Waals surface area contributed by atoms with Crippen molar-refractivity contribution >= 4 is 18.0 Å². The molecule has 0 spiro atoms. The van der Waals surface area contributed by atoms with Gasteiger partial charge in [-0.1, -0.05) is 18.7 Å². The fourth-order valence-electron chi connectivity index (χ4n) is 2.77. The number of benzene rings is 2. The van der Waals surface area contributed by atoms with E-state index in [1.165, 1.54) is 12.2 Å². The first-order valence-electron chi connectivity index (χ1n) is 10.8. The Labute approximate surface area is 196 Å². The number of unbranched alkanes of at least 4 members (excludes halogenated alkanes) is 3.